The van der Waals surface area contributed by atoms with E-state index >= 15 is 0 Å². The van der Waals surface area contributed by atoms with Gasteiger partial charge in [0.2, 0.25) is 0 Å². The van der Waals surface area contributed by atoms with Gasteiger partial charge in [-0.15, -0.1) is 0 Å². The van der Waals surface area contributed by atoms with E-state index in [0.717, 1.165) is 4.46 Å². The Morgan fingerprint density at radius 2 is 2.10 bits per heavy atom. The second-order valence-corrected chi connectivity index (χ2v) is 8.19. The molecule has 1 aromatic rings. The van der Waals surface area contributed by atoms with E-state index in [-0.39, 0.29) is 32.9 Å². The monoisotopic (exact) mass is 359 g/mol. The molecule has 1 amide bonds. The van der Waals surface area contributed by atoms with Crippen LogP contribution in [0, 0.1) is 5.92 Å². The van der Waals surface area contributed by atoms with Gasteiger partial charge in [-0.3, -0.25) is 0 Å². The third kappa shape index (κ3) is 3.53. The van der Waals surface area contributed by atoms with Crippen LogP contribution in [-0.4, -0.2) is 44.8 Å². The van der Waals surface area contributed by atoms with Crippen LogP contribution < -0.4 is 4.46 Å². The average Bonchev–Trinajstić information content (AvgIpc) is 2.69. The van der Waals surface area contributed by atoms with Gasteiger partial charge in [-0.25, -0.2) is 0 Å². The molecule has 1 saturated heterocycles. The Balaban J connectivity index is 2.09. The van der Waals surface area contributed by atoms with Crippen LogP contribution in [0.15, 0.2) is 42.5 Å². The first kappa shape index (κ1) is 16.2. The second kappa shape index (κ2) is 6.71. The van der Waals surface area contributed by atoms with Crippen molar-refractivity contribution in [2.75, 3.05) is 13.1 Å². The van der Waals surface area contributed by atoms with Crippen LogP contribution in [0.1, 0.15) is 13.8 Å². The minimum absolute atomic E-state index is 0.0633. The van der Waals surface area contributed by atoms with Crippen molar-refractivity contribution < 1.29 is 13.6 Å². The fraction of sp³-hybridized carbons (Fsp3) is 0.438. The van der Waals surface area contributed by atoms with Crippen molar-refractivity contribution in [3.05, 3.63) is 42.5 Å². The van der Waals surface area contributed by atoms with Crippen LogP contribution in [-0.2, 0) is 4.79 Å². The molecular formula is C16H19F2NOSe. The van der Waals surface area contributed by atoms with E-state index < -0.39 is 17.7 Å². The van der Waals surface area contributed by atoms with Gasteiger partial charge in [-0.05, 0) is 0 Å². The summed E-state index contributed by atoms with van der Waals surface area (Å²) >= 11 is -0.0633. The van der Waals surface area contributed by atoms with Crippen molar-refractivity contribution in [2.45, 2.75) is 24.6 Å². The first-order valence-electron chi connectivity index (χ1n) is 6.97. The fourth-order valence-electron chi connectivity index (χ4n) is 2.43. The number of hydrogen-bond donors (Lipinski definition) is 0. The van der Waals surface area contributed by atoms with Crippen LogP contribution in [0.4, 0.5) is 8.78 Å². The van der Waals surface area contributed by atoms with E-state index in [4.69, 9.17) is 0 Å². The van der Waals surface area contributed by atoms with Gasteiger partial charge >= 0.3 is 130 Å². The fourth-order valence-corrected chi connectivity index (χ4v) is 4.88. The number of alkyl halides is 2. The maximum atomic E-state index is 14.2. The number of likely N-dealkylation sites (tertiary alicyclic amines) is 1. The van der Waals surface area contributed by atoms with E-state index in [0.29, 0.717) is 0 Å². The minimum atomic E-state index is -3.24. The molecule has 1 heterocycles. The van der Waals surface area contributed by atoms with Crippen molar-refractivity contribution in [2.24, 2.45) is 5.92 Å². The number of amides is 1. The SMILES string of the molecule is C/C=C/CN1CC(C(C)[Se]c2ccccc2)C(F)(F)C1=O. The van der Waals surface area contributed by atoms with Gasteiger partial charge in [0.1, 0.15) is 0 Å². The second-order valence-electron chi connectivity index (χ2n) is 5.14. The number of allylic oxidation sites excluding steroid dienone is 1. The molecular weight excluding hydrogens is 339 g/mol. The summed E-state index contributed by atoms with van der Waals surface area (Å²) in [5, 5.41) is 0. The van der Waals surface area contributed by atoms with Crippen LogP contribution in [0.25, 0.3) is 0 Å². The summed E-state index contributed by atoms with van der Waals surface area (Å²) in [6, 6.07) is 9.67. The molecule has 5 heteroatoms. The zero-order chi connectivity index (χ0) is 15.5. The van der Waals surface area contributed by atoms with E-state index in [2.05, 4.69) is 0 Å². The Labute approximate surface area is 130 Å². The van der Waals surface area contributed by atoms with Crippen LogP contribution in [0.3, 0.4) is 0 Å². The number of carbonyl (C=O) groups is 1. The molecule has 0 radical (unpaired) electrons. The van der Waals surface area contributed by atoms with E-state index in [9.17, 15) is 13.6 Å². The van der Waals surface area contributed by atoms with Crippen molar-refractivity contribution in [1.29, 1.82) is 0 Å². The molecule has 114 valence electrons. The Hall–Kier alpha value is -1.19. The maximum absolute atomic E-state index is 14.2. The summed E-state index contributed by atoms with van der Waals surface area (Å²) in [4.78, 5) is 12.9. The van der Waals surface area contributed by atoms with Crippen LogP contribution in [0.5, 0.6) is 0 Å². The third-order valence-corrected chi connectivity index (χ3v) is 6.26. The number of hydrogen-bond acceptors (Lipinski definition) is 1. The van der Waals surface area contributed by atoms with Gasteiger partial charge in [0.15, 0.2) is 0 Å². The van der Waals surface area contributed by atoms with Gasteiger partial charge in [0.25, 0.3) is 0 Å². The predicted molar refractivity (Wildman–Crippen MR) is 81.1 cm³/mol. The van der Waals surface area contributed by atoms with Gasteiger partial charge in [0.05, 0.1) is 0 Å². The number of rotatable bonds is 5. The molecule has 0 saturated carbocycles. The van der Waals surface area contributed by atoms with E-state index in [1.165, 1.54) is 4.90 Å². The topological polar surface area (TPSA) is 20.3 Å². The summed E-state index contributed by atoms with van der Waals surface area (Å²) in [5.74, 6) is -5.16. The summed E-state index contributed by atoms with van der Waals surface area (Å²) in [6.45, 7) is 4.06. The first-order valence-corrected chi connectivity index (χ1v) is 8.81. The molecule has 21 heavy (non-hydrogen) atoms. The number of carbonyl (C=O) groups excluding carboxylic acids is 1. The normalized spacial score (nSPS) is 23.0. The predicted octanol–water partition coefficient (Wildman–Crippen LogP) is 2.49. The molecule has 1 aliphatic rings. The van der Waals surface area contributed by atoms with Gasteiger partial charge in [-0.2, -0.15) is 0 Å². The molecule has 1 aromatic carbocycles. The molecule has 0 N–H and O–H groups in total. The zero-order valence-corrected chi connectivity index (χ0v) is 13.8. The van der Waals surface area contributed by atoms with Gasteiger partial charge in [0, 0.05) is 0 Å². The Morgan fingerprint density at radius 1 is 1.43 bits per heavy atom. The molecule has 2 unspecified atom stereocenters. The Morgan fingerprint density at radius 3 is 2.71 bits per heavy atom. The molecule has 0 spiro atoms. The van der Waals surface area contributed by atoms with Crippen molar-refractivity contribution in [3.8, 4) is 0 Å². The molecule has 1 fully saturated rings. The molecule has 1 aliphatic heterocycles. The van der Waals surface area contributed by atoms with Crippen molar-refractivity contribution >= 4 is 25.3 Å². The standard InChI is InChI=1S/C16H19F2NOSe/c1-3-4-10-19-11-14(16(17,18)15(19)20)12(2)21-13-8-6-5-7-9-13/h3-9,12,14H,10-11H2,1-2H3/b4-3+. The summed E-state index contributed by atoms with van der Waals surface area (Å²) in [6.07, 6.45) is 3.51. The molecule has 0 aromatic heterocycles. The molecule has 2 rings (SSSR count). The Bertz CT molecular complexity index is 518. The van der Waals surface area contributed by atoms with Crippen LogP contribution >= 0.6 is 0 Å². The summed E-state index contributed by atoms with van der Waals surface area (Å²) in [5.41, 5.74) is 0. The van der Waals surface area contributed by atoms with Gasteiger partial charge in [-0.1, -0.05) is 0 Å². The first-order chi connectivity index (χ1) is 9.96. The van der Waals surface area contributed by atoms with Gasteiger partial charge < -0.3 is 0 Å². The molecule has 2 nitrogen and oxygen atoms in total. The number of nitrogens with zero attached hydrogens (tertiary/aromatic N) is 1. The van der Waals surface area contributed by atoms with E-state index in [1.807, 2.05) is 44.2 Å². The van der Waals surface area contributed by atoms with Crippen molar-refractivity contribution in [1.82, 2.24) is 4.90 Å². The van der Waals surface area contributed by atoms with Crippen LogP contribution in [0.2, 0.25) is 4.82 Å². The molecule has 0 bridgehead atoms. The zero-order valence-electron chi connectivity index (χ0n) is 12.1. The van der Waals surface area contributed by atoms with E-state index in [1.54, 1.807) is 12.2 Å². The van der Waals surface area contributed by atoms with Crippen molar-refractivity contribution in [3.63, 3.8) is 0 Å². The Kier molecular flexibility index (Phi) is 5.17. The number of benzene rings is 1. The molecule has 2 atom stereocenters. The summed E-state index contributed by atoms with van der Waals surface area (Å²) in [7, 11) is 0. The summed E-state index contributed by atoms with van der Waals surface area (Å²) < 4.78 is 29.5. The molecule has 0 aliphatic carbocycles. The quantitative estimate of drug-likeness (QED) is 0.585. The third-order valence-electron chi connectivity index (χ3n) is 3.65. The number of halogens is 2. The average molecular weight is 358 g/mol.